The number of aromatic nitrogens is 3. The van der Waals surface area contributed by atoms with Crippen LogP contribution in [0.15, 0.2) is 84.1 Å². The summed E-state index contributed by atoms with van der Waals surface area (Å²) in [5.41, 5.74) is 2.51. The Morgan fingerprint density at radius 1 is 1.11 bits per heavy atom. The number of ether oxygens (including phenoxy) is 1. The van der Waals surface area contributed by atoms with Gasteiger partial charge in [-0.1, -0.05) is 24.3 Å². The molecule has 10 nitrogen and oxygen atoms in total. The highest BCUT2D eigenvalue weighted by Crippen LogP contribution is 2.37. The third kappa shape index (κ3) is 4.49. The number of allylic oxidation sites excluding steroid dienone is 1. The van der Waals surface area contributed by atoms with Gasteiger partial charge in [-0.15, -0.1) is 5.10 Å². The summed E-state index contributed by atoms with van der Waals surface area (Å²) < 4.78 is 20.7. The van der Waals surface area contributed by atoms with Crippen LogP contribution in [0.25, 0.3) is 11.4 Å². The molecule has 1 amide bonds. The minimum atomic E-state index is -0.731. The standard InChI is InChI=1S/C26H21FN6O4/c1-15-22(25(34)29-20-5-3-4-6-21(20)37-2)23(16-7-11-18(27)12-8-16)32-26(28-15)30-24(31-32)17-9-13-19(14-10-17)33(35)36/h3-14,23H,1-2H3,(H,29,34)(H,28,30,31). The number of benzene rings is 3. The van der Waals surface area contributed by atoms with Crippen LogP contribution in [0, 0.1) is 15.9 Å². The number of nitrogens with one attached hydrogen (secondary N) is 2. The Bertz CT molecular complexity index is 1530. The summed E-state index contributed by atoms with van der Waals surface area (Å²) in [6.07, 6.45) is 0. The number of nitrogens with zero attached hydrogens (tertiary/aromatic N) is 4. The minimum Gasteiger partial charge on any atom is -0.495 e. The van der Waals surface area contributed by atoms with Crippen LogP contribution in [0.5, 0.6) is 5.75 Å². The maximum absolute atomic E-state index is 13.8. The molecule has 37 heavy (non-hydrogen) atoms. The molecule has 11 heteroatoms. The second-order valence-corrected chi connectivity index (χ2v) is 8.28. The van der Waals surface area contributed by atoms with Crippen molar-refractivity contribution >= 4 is 23.2 Å². The number of non-ortho nitro benzene ring substituents is 1. The van der Waals surface area contributed by atoms with Gasteiger partial charge in [0.25, 0.3) is 11.6 Å². The monoisotopic (exact) mass is 500 g/mol. The number of carbonyl (C=O) groups excluding carboxylic acids is 1. The van der Waals surface area contributed by atoms with Crippen molar-refractivity contribution in [1.29, 1.82) is 0 Å². The Kier molecular flexibility index (Phi) is 6.10. The van der Waals surface area contributed by atoms with Crippen LogP contribution in [0.2, 0.25) is 0 Å². The van der Waals surface area contributed by atoms with Gasteiger partial charge in [0.15, 0.2) is 5.82 Å². The second-order valence-electron chi connectivity index (χ2n) is 8.28. The third-order valence-corrected chi connectivity index (χ3v) is 5.97. The zero-order valence-corrected chi connectivity index (χ0v) is 19.8. The zero-order chi connectivity index (χ0) is 26.1. The molecule has 1 aliphatic rings. The number of halogens is 1. The molecule has 0 bridgehead atoms. The lowest BCUT2D eigenvalue weighted by atomic mass is 9.95. The van der Waals surface area contributed by atoms with E-state index < -0.39 is 22.7 Å². The molecule has 4 aromatic rings. The molecule has 0 fully saturated rings. The van der Waals surface area contributed by atoms with E-state index >= 15 is 0 Å². The first kappa shape index (κ1) is 23.7. The summed E-state index contributed by atoms with van der Waals surface area (Å²) in [6.45, 7) is 1.75. The molecule has 0 spiro atoms. The van der Waals surface area contributed by atoms with Crippen LogP contribution < -0.4 is 15.4 Å². The highest BCUT2D eigenvalue weighted by Gasteiger charge is 2.34. The van der Waals surface area contributed by atoms with E-state index in [0.717, 1.165) is 0 Å². The van der Waals surface area contributed by atoms with Crippen LogP contribution in [-0.2, 0) is 4.79 Å². The van der Waals surface area contributed by atoms with E-state index in [-0.39, 0.29) is 5.69 Å². The predicted octanol–water partition coefficient (Wildman–Crippen LogP) is 4.93. The molecule has 1 unspecified atom stereocenters. The van der Waals surface area contributed by atoms with Gasteiger partial charge in [-0.05, 0) is 48.9 Å². The molecule has 1 atom stereocenters. The Morgan fingerprint density at radius 3 is 2.49 bits per heavy atom. The fourth-order valence-electron chi connectivity index (χ4n) is 4.19. The number of hydrogen-bond donors (Lipinski definition) is 2. The van der Waals surface area contributed by atoms with Crippen LogP contribution in [0.3, 0.4) is 0 Å². The topological polar surface area (TPSA) is 124 Å². The van der Waals surface area contributed by atoms with Crippen molar-refractivity contribution in [2.75, 3.05) is 17.7 Å². The number of nitro benzene ring substituents is 1. The zero-order valence-electron chi connectivity index (χ0n) is 19.8. The Hall–Kier alpha value is -5.06. The van der Waals surface area contributed by atoms with E-state index in [2.05, 4.69) is 20.7 Å². The molecule has 0 aliphatic carbocycles. The molecule has 1 aliphatic heterocycles. The predicted molar refractivity (Wildman–Crippen MR) is 135 cm³/mol. The summed E-state index contributed by atoms with van der Waals surface area (Å²) in [4.78, 5) is 28.7. The fourth-order valence-corrected chi connectivity index (χ4v) is 4.19. The maximum Gasteiger partial charge on any atom is 0.269 e. The SMILES string of the molecule is COc1ccccc1NC(=O)C1=C(C)Nc2nc(-c3ccc([N+](=O)[O-])cc3)nn2C1c1ccc(F)cc1. The number of amides is 1. The Balaban J connectivity index is 1.58. The van der Waals surface area contributed by atoms with Gasteiger partial charge in [0.05, 0.1) is 23.3 Å². The van der Waals surface area contributed by atoms with Gasteiger partial charge < -0.3 is 15.4 Å². The van der Waals surface area contributed by atoms with Gasteiger partial charge in [-0.25, -0.2) is 9.07 Å². The molecule has 0 saturated carbocycles. The van der Waals surface area contributed by atoms with Gasteiger partial charge >= 0.3 is 0 Å². The lowest BCUT2D eigenvalue weighted by Crippen LogP contribution is -2.31. The number of carbonyl (C=O) groups is 1. The molecule has 2 heterocycles. The number of nitro groups is 1. The number of methoxy groups -OCH3 is 1. The summed E-state index contributed by atoms with van der Waals surface area (Å²) >= 11 is 0. The highest BCUT2D eigenvalue weighted by molar-refractivity contribution is 6.06. The number of rotatable bonds is 6. The van der Waals surface area contributed by atoms with Crippen LogP contribution in [0.4, 0.5) is 21.7 Å². The van der Waals surface area contributed by atoms with Crippen molar-refractivity contribution < 1.29 is 18.8 Å². The molecule has 3 aromatic carbocycles. The molecular formula is C26H21FN6O4. The minimum absolute atomic E-state index is 0.0529. The summed E-state index contributed by atoms with van der Waals surface area (Å²) in [5.74, 6) is 0.362. The number of fused-ring (bicyclic) bond motifs is 1. The van der Waals surface area contributed by atoms with E-state index in [1.165, 1.54) is 31.4 Å². The van der Waals surface area contributed by atoms with Gasteiger partial charge in [0, 0.05) is 23.4 Å². The third-order valence-electron chi connectivity index (χ3n) is 5.97. The Morgan fingerprint density at radius 2 is 1.81 bits per heavy atom. The van der Waals surface area contributed by atoms with Gasteiger partial charge in [0.1, 0.15) is 17.6 Å². The molecule has 0 radical (unpaired) electrons. The van der Waals surface area contributed by atoms with E-state index in [1.54, 1.807) is 60.1 Å². The van der Waals surface area contributed by atoms with Gasteiger partial charge in [-0.2, -0.15) is 4.98 Å². The molecule has 0 saturated heterocycles. The van der Waals surface area contributed by atoms with E-state index in [0.29, 0.717) is 45.6 Å². The molecule has 186 valence electrons. The lowest BCUT2D eigenvalue weighted by molar-refractivity contribution is -0.384. The van der Waals surface area contributed by atoms with Crippen molar-refractivity contribution in [1.82, 2.24) is 14.8 Å². The van der Waals surface area contributed by atoms with Gasteiger partial charge in [-0.3, -0.25) is 14.9 Å². The lowest BCUT2D eigenvalue weighted by Gasteiger charge is -2.28. The molecule has 5 rings (SSSR count). The van der Waals surface area contributed by atoms with Gasteiger partial charge in [0.2, 0.25) is 5.95 Å². The molecule has 2 N–H and O–H groups in total. The van der Waals surface area contributed by atoms with Crippen LogP contribution >= 0.6 is 0 Å². The normalized spacial score (nSPS) is 14.5. The number of anilines is 2. The average Bonchev–Trinajstić information content (AvgIpc) is 3.32. The summed E-state index contributed by atoms with van der Waals surface area (Å²) in [7, 11) is 1.51. The first-order chi connectivity index (χ1) is 17.9. The molecule has 1 aromatic heterocycles. The maximum atomic E-state index is 13.8. The highest BCUT2D eigenvalue weighted by atomic mass is 19.1. The first-order valence-corrected chi connectivity index (χ1v) is 11.2. The Labute approximate surface area is 210 Å². The number of para-hydroxylation sites is 2. The fraction of sp³-hybridized carbons (Fsp3) is 0.115. The summed E-state index contributed by atoms with van der Waals surface area (Å²) in [5, 5.41) is 21.7. The van der Waals surface area contributed by atoms with Crippen molar-refractivity contribution in [2.24, 2.45) is 0 Å². The molecular weight excluding hydrogens is 479 g/mol. The summed E-state index contributed by atoms with van der Waals surface area (Å²) in [6, 6.07) is 18.0. The van der Waals surface area contributed by atoms with E-state index in [1.807, 2.05) is 0 Å². The largest absolute Gasteiger partial charge is 0.495 e. The first-order valence-electron chi connectivity index (χ1n) is 11.2. The quantitative estimate of drug-likeness (QED) is 0.284. The van der Waals surface area contributed by atoms with Crippen LogP contribution in [-0.4, -0.2) is 32.7 Å². The van der Waals surface area contributed by atoms with Crippen molar-refractivity contribution in [3.05, 3.63) is 106 Å². The van der Waals surface area contributed by atoms with Crippen molar-refractivity contribution in [3.8, 4) is 17.1 Å². The van der Waals surface area contributed by atoms with Crippen LogP contribution in [0.1, 0.15) is 18.5 Å². The van der Waals surface area contributed by atoms with E-state index in [4.69, 9.17) is 4.74 Å². The second kappa shape index (κ2) is 9.53. The van der Waals surface area contributed by atoms with E-state index in [9.17, 15) is 19.3 Å². The van der Waals surface area contributed by atoms with Crippen molar-refractivity contribution in [2.45, 2.75) is 13.0 Å². The van der Waals surface area contributed by atoms with Crippen molar-refractivity contribution in [3.63, 3.8) is 0 Å². The smallest absolute Gasteiger partial charge is 0.269 e. The number of hydrogen-bond acceptors (Lipinski definition) is 7. The average molecular weight is 500 g/mol.